The molecule has 2 fully saturated rings. The number of fused-ring (bicyclic) bond motifs is 2. The Balaban J connectivity index is 1.52. The highest BCUT2D eigenvalue weighted by Crippen LogP contribution is 2.58. The third-order valence-corrected chi connectivity index (χ3v) is 6.80. The lowest BCUT2D eigenvalue weighted by Gasteiger charge is -2.37. The first-order chi connectivity index (χ1) is 14.1. The number of hydrogen-bond donors (Lipinski definition) is 5. The molecule has 158 valence electrons. The molecule has 1 spiro atoms. The molecule has 4 aliphatic rings. The summed E-state index contributed by atoms with van der Waals surface area (Å²) in [6.45, 7) is 4.58. The largest absolute Gasteiger partial charge is 0.492 e. The molecule has 3 aliphatic heterocycles. The van der Waals surface area contributed by atoms with Crippen molar-refractivity contribution >= 4 is 11.3 Å². The molecule has 6 nitrogen and oxygen atoms in total. The lowest BCUT2D eigenvalue weighted by Crippen LogP contribution is -2.63. The summed E-state index contributed by atoms with van der Waals surface area (Å²) < 4.78 is 22.0. The quantitative estimate of drug-likeness (QED) is 0.533. The highest BCUT2D eigenvalue weighted by atomic mass is 19.1. The van der Waals surface area contributed by atoms with E-state index in [1.165, 1.54) is 5.56 Å². The fourth-order valence-electron chi connectivity index (χ4n) is 4.92. The van der Waals surface area contributed by atoms with Gasteiger partial charge in [0.05, 0.1) is 24.0 Å². The minimum Gasteiger partial charge on any atom is -0.492 e. The van der Waals surface area contributed by atoms with Crippen LogP contribution in [0.5, 0.6) is 5.75 Å². The molecular weight excluding hydrogens is 369 g/mol. The molecular formula is C22H32FN5O. The summed E-state index contributed by atoms with van der Waals surface area (Å²) in [5, 5.41) is 17.0. The van der Waals surface area contributed by atoms with Gasteiger partial charge in [0.25, 0.3) is 0 Å². The standard InChI is InChI=1S/C22H32FN5O/c1-13-10-17(24-2)28-21(26-13)27-16-11-15-20(29-12-22(15)6-7-22)18(19(16)23)14-4-3-8-25-9-5-14/h5,11,13,17,21,24-28H,3-4,6-10,12H2,1-2H3. The minimum atomic E-state index is -0.197. The monoisotopic (exact) mass is 401 g/mol. The van der Waals surface area contributed by atoms with Crippen molar-refractivity contribution in [3.8, 4) is 5.75 Å². The molecule has 0 aromatic heterocycles. The SMILES string of the molecule is CNC1CC(C)NC(Nc2cc3c(c(C4=CCNCCC4)c2F)OCC32CC2)N1. The maximum absolute atomic E-state index is 15.9. The maximum atomic E-state index is 15.9. The molecule has 1 aliphatic carbocycles. The second kappa shape index (κ2) is 7.54. The second-order valence-electron chi connectivity index (χ2n) is 8.98. The van der Waals surface area contributed by atoms with Gasteiger partial charge in [-0.15, -0.1) is 0 Å². The molecule has 1 saturated carbocycles. The first-order valence-electron chi connectivity index (χ1n) is 11.0. The topological polar surface area (TPSA) is 69.4 Å². The van der Waals surface area contributed by atoms with Crippen molar-refractivity contribution in [3.63, 3.8) is 0 Å². The Bertz CT molecular complexity index is 822. The Morgan fingerprint density at radius 3 is 2.93 bits per heavy atom. The van der Waals surface area contributed by atoms with Gasteiger partial charge >= 0.3 is 0 Å². The van der Waals surface area contributed by atoms with Crippen LogP contribution in [0.25, 0.3) is 5.57 Å². The lowest BCUT2D eigenvalue weighted by molar-refractivity contribution is 0.249. The average Bonchev–Trinajstić information content (AvgIpc) is 3.46. The van der Waals surface area contributed by atoms with Crippen LogP contribution in [0.2, 0.25) is 0 Å². The number of hydrogen-bond acceptors (Lipinski definition) is 6. The summed E-state index contributed by atoms with van der Waals surface area (Å²) in [5.41, 5.74) is 3.58. The Kier molecular flexibility index (Phi) is 5.02. The predicted octanol–water partition coefficient (Wildman–Crippen LogP) is 2.23. The number of ether oxygens (including phenoxy) is 1. The van der Waals surface area contributed by atoms with Crippen LogP contribution >= 0.6 is 0 Å². The van der Waals surface area contributed by atoms with E-state index in [1.807, 2.05) is 13.1 Å². The summed E-state index contributed by atoms with van der Waals surface area (Å²) >= 11 is 0. The van der Waals surface area contributed by atoms with E-state index in [4.69, 9.17) is 4.74 Å². The van der Waals surface area contributed by atoms with Crippen LogP contribution in [0.15, 0.2) is 12.1 Å². The molecule has 1 saturated heterocycles. The van der Waals surface area contributed by atoms with Gasteiger partial charge in [0, 0.05) is 23.6 Å². The molecule has 29 heavy (non-hydrogen) atoms. The zero-order chi connectivity index (χ0) is 20.0. The van der Waals surface area contributed by atoms with Gasteiger partial charge in [0.15, 0.2) is 5.82 Å². The molecule has 5 rings (SSSR count). The molecule has 0 amide bonds. The van der Waals surface area contributed by atoms with Gasteiger partial charge in [-0.1, -0.05) is 6.08 Å². The van der Waals surface area contributed by atoms with Crippen LogP contribution in [-0.2, 0) is 5.41 Å². The Hall–Kier alpha value is -1.67. The fourth-order valence-corrected chi connectivity index (χ4v) is 4.92. The van der Waals surface area contributed by atoms with E-state index in [0.717, 1.165) is 56.5 Å². The summed E-state index contributed by atoms with van der Waals surface area (Å²) in [5.74, 6) is 0.585. The Morgan fingerprint density at radius 1 is 1.28 bits per heavy atom. The van der Waals surface area contributed by atoms with Gasteiger partial charge in [-0.05, 0) is 64.3 Å². The smallest absolute Gasteiger partial charge is 0.157 e. The third kappa shape index (κ3) is 3.54. The van der Waals surface area contributed by atoms with Crippen LogP contribution in [0.4, 0.5) is 10.1 Å². The van der Waals surface area contributed by atoms with Gasteiger partial charge in [0.2, 0.25) is 0 Å². The summed E-state index contributed by atoms with van der Waals surface area (Å²) in [6.07, 6.45) is 7.24. The predicted molar refractivity (Wildman–Crippen MR) is 113 cm³/mol. The first kappa shape index (κ1) is 19.3. The Labute approximate surface area is 172 Å². The highest BCUT2D eigenvalue weighted by molar-refractivity contribution is 5.78. The molecule has 3 unspecified atom stereocenters. The lowest BCUT2D eigenvalue weighted by atomic mass is 9.91. The second-order valence-corrected chi connectivity index (χ2v) is 8.98. The van der Waals surface area contributed by atoms with Gasteiger partial charge < -0.3 is 20.7 Å². The average molecular weight is 402 g/mol. The van der Waals surface area contributed by atoms with Gasteiger partial charge in [-0.3, -0.25) is 10.6 Å². The summed E-state index contributed by atoms with van der Waals surface area (Å²) in [6, 6.07) is 2.33. The van der Waals surface area contributed by atoms with E-state index in [9.17, 15) is 0 Å². The number of halogens is 1. The van der Waals surface area contributed by atoms with E-state index in [1.54, 1.807) is 0 Å². The molecule has 0 radical (unpaired) electrons. The first-order valence-corrected chi connectivity index (χ1v) is 11.0. The molecule has 0 bridgehead atoms. The zero-order valence-electron chi connectivity index (χ0n) is 17.3. The van der Waals surface area contributed by atoms with Gasteiger partial charge in [-0.25, -0.2) is 4.39 Å². The van der Waals surface area contributed by atoms with Crippen LogP contribution in [0, 0.1) is 5.82 Å². The van der Waals surface area contributed by atoms with Crippen molar-refractivity contribution in [2.24, 2.45) is 0 Å². The zero-order valence-corrected chi connectivity index (χ0v) is 17.3. The van der Waals surface area contributed by atoms with Crippen molar-refractivity contribution in [2.75, 3.05) is 32.1 Å². The fraction of sp³-hybridized carbons (Fsp3) is 0.636. The van der Waals surface area contributed by atoms with Crippen LogP contribution < -0.4 is 31.3 Å². The van der Waals surface area contributed by atoms with Gasteiger partial charge in [0.1, 0.15) is 12.0 Å². The van der Waals surface area contributed by atoms with E-state index in [2.05, 4.69) is 39.6 Å². The number of nitrogens with one attached hydrogen (secondary N) is 5. The van der Waals surface area contributed by atoms with Crippen molar-refractivity contribution in [3.05, 3.63) is 29.1 Å². The number of rotatable bonds is 4. The van der Waals surface area contributed by atoms with Crippen LogP contribution in [0.3, 0.4) is 0 Å². The molecule has 5 N–H and O–H groups in total. The summed E-state index contributed by atoms with van der Waals surface area (Å²) in [7, 11) is 1.95. The number of allylic oxidation sites excluding steroid dienone is 1. The van der Waals surface area contributed by atoms with Crippen LogP contribution in [0.1, 0.15) is 50.2 Å². The molecule has 3 atom stereocenters. The van der Waals surface area contributed by atoms with Crippen molar-refractivity contribution in [2.45, 2.75) is 62.9 Å². The van der Waals surface area contributed by atoms with E-state index >= 15 is 4.39 Å². The van der Waals surface area contributed by atoms with Crippen molar-refractivity contribution < 1.29 is 9.13 Å². The van der Waals surface area contributed by atoms with E-state index in [0.29, 0.717) is 23.9 Å². The molecule has 7 heteroatoms. The number of anilines is 1. The normalized spacial score (nSPS) is 30.3. The molecule has 3 heterocycles. The molecule has 1 aromatic carbocycles. The summed E-state index contributed by atoms with van der Waals surface area (Å²) in [4.78, 5) is 0. The van der Waals surface area contributed by atoms with Crippen molar-refractivity contribution in [1.82, 2.24) is 21.3 Å². The van der Waals surface area contributed by atoms with E-state index < -0.39 is 0 Å². The number of benzene rings is 1. The Morgan fingerprint density at radius 2 is 2.14 bits per heavy atom. The van der Waals surface area contributed by atoms with Gasteiger partial charge in [-0.2, -0.15) is 0 Å². The van der Waals surface area contributed by atoms with E-state index in [-0.39, 0.29) is 23.7 Å². The molecule has 1 aromatic rings. The van der Waals surface area contributed by atoms with Crippen LogP contribution in [-0.4, -0.2) is 45.2 Å². The van der Waals surface area contributed by atoms with Crippen molar-refractivity contribution in [1.29, 1.82) is 0 Å². The maximum Gasteiger partial charge on any atom is 0.157 e. The minimum absolute atomic E-state index is 0.103. The highest BCUT2D eigenvalue weighted by Gasteiger charge is 2.52. The third-order valence-electron chi connectivity index (χ3n) is 6.80.